The standard InChI is InChI=1S/C18H21NO3/c1-19-8-7-18-11-4-5-13(20)17(18)22-16-14(21-2)6-3-10(15(16)18)9-12(11)19/h3-6,11-13,17,20H,7-9H2,1-2H3/t11-,12+,13?,17?,18-/m0/s1/i1D3,2D3,3D,6D,11D,20D. The number of rotatable bonds is 2. The van der Waals surface area contributed by atoms with Crippen LogP contribution >= 0.6 is 0 Å². The van der Waals surface area contributed by atoms with Crippen molar-refractivity contribution in [3.8, 4) is 11.5 Å². The number of benzene rings is 1. The summed E-state index contributed by atoms with van der Waals surface area (Å²) in [6.45, 7) is -2.35. The average Bonchev–Trinajstić information content (AvgIpc) is 3.00. The third-order valence-electron chi connectivity index (χ3n) is 5.50. The van der Waals surface area contributed by atoms with Crippen molar-refractivity contribution in [2.45, 2.75) is 36.5 Å². The van der Waals surface area contributed by atoms with Gasteiger partial charge in [0.05, 0.1) is 13.9 Å². The maximum atomic E-state index is 9.49. The van der Waals surface area contributed by atoms with Gasteiger partial charge in [0.15, 0.2) is 11.5 Å². The van der Waals surface area contributed by atoms with Gasteiger partial charge in [-0.25, -0.2) is 0 Å². The zero-order valence-corrected chi connectivity index (χ0v) is 11.7. The van der Waals surface area contributed by atoms with Crippen molar-refractivity contribution in [1.82, 2.24) is 4.90 Å². The van der Waals surface area contributed by atoms with Crippen LogP contribution in [0.15, 0.2) is 24.2 Å². The highest BCUT2D eigenvalue weighted by Crippen LogP contribution is 2.62. The van der Waals surface area contributed by atoms with Crippen LogP contribution in [0.25, 0.3) is 0 Å². The van der Waals surface area contributed by atoms with E-state index in [1.54, 1.807) is 6.08 Å². The van der Waals surface area contributed by atoms with Gasteiger partial charge in [0.2, 0.25) is 1.43 Å². The van der Waals surface area contributed by atoms with E-state index in [9.17, 15) is 1.37 Å². The van der Waals surface area contributed by atoms with E-state index in [4.69, 9.17) is 27.0 Å². The summed E-state index contributed by atoms with van der Waals surface area (Å²) < 4.78 is 91.7. The topological polar surface area (TPSA) is 41.9 Å². The molecule has 22 heavy (non-hydrogen) atoms. The molecule has 1 saturated heterocycles. The smallest absolute Gasteiger partial charge is 0.211 e. The molecule has 1 aromatic carbocycles. The highest BCUT2D eigenvalue weighted by Gasteiger charge is 2.64. The second-order valence-corrected chi connectivity index (χ2v) is 6.32. The molecule has 4 heteroatoms. The summed E-state index contributed by atoms with van der Waals surface area (Å²) in [7, 11) is -2.90. The lowest BCUT2D eigenvalue weighted by Gasteiger charge is -2.56. The normalized spacial score (nSPS) is 52.1. The maximum absolute atomic E-state index is 9.49. The molecule has 0 saturated carbocycles. The summed E-state index contributed by atoms with van der Waals surface area (Å²) in [6.07, 6.45) is 1.38. The van der Waals surface area contributed by atoms with Crippen LogP contribution in [0.3, 0.4) is 0 Å². The van der Waals surface area contributed by atoms with Gasteiger partial charge in [-0.2, -0.15) is 0 Å². The number of aliphatic hydroxyl groups is 1. The predicted octanol–water partition coefficient (Wildman–Crippen LogP) is 1.50. The first-order valence-corrected chi connectivity index (χ1v) is 7.36. The van der Waals surface area contributed by atoms with E-state index < -0.39 is 55.4 Å². The van der Waals surface area contributed by atoms with Gasteiger partial charge in [0.1, 0.15) is 12.2 Å². The van der Waals surface area contributed by atoms with Gasteiger partial charge >= 0.3 is 0 Å². The van der Waals surface area contributed by atoms with Crippen molar-refractivity contribution >= 4 is 0 Å². The summed E-state index contributed by atoms with van der Waals surface area (Å²) in [5.74, 6) is -1.92. The van der Waals surface area contributed by atoms with Crippen molar-refractivity contribution in [2.75, 3.05) is 20.6 Å². The molecule has 4 aliphatic rings. The molecule has 0 aromatic heterocycles. The molecule has 2 aliphatic heterocycles. The lowest BCUT2D eigenvalue weighted by molar-refractivity contribution is -0.0453. The molecule has 0 radical (unpaired) electrons. The quantitative estimate of drug-likeness (QED) is 0.841. The molecule has 1 fully saturated rings. The summed E-state index contributed by atoms with van der Waals surface area (Å²) in [5.41, 5.74) is -0.420. The van der Waals surface area contributed by atoms with Crippen molar-refractivity contribution < 1.29 is 26.9 Å². The van der Waals surface area contributed by atoms with Crippen LogP contribution in [0.1, 0.15) is 29.9 Å². The Morgan fingerprint density at radius 1 is 1.59 bits per heavy atom. The molecule has 4 nitrogen and oxygen atoms in total. The van der Waals surface area contributed by atoms with Crippen LogP contribution in [0.2, 0.25) is 0 Å². The zero-order chi connectivity index (χ0) is 23.4. The molecule has 2 bridgehead atoms. The Bertz CT molecular complexity index is 1020. The van der Waals surface area contributed by atoms with Crippen LogP contribution in [0.4, 0.5) is 0 Å². The minimum Gasteiger partial charge on any atom is -0.493 e. The van der Waals surface area contributed by atoms with Gasteiger partial charge in [0, 0.05) is 28.4 Å². The summed E-state index contributed by atoms with van der Waals surface area (Å²) in [6, 6.07) is -1.59. The maximum Gasteiger partial charge on any atom is 0.211 e. The highest BCUT2D eigenvalue weighted by molar-refractivity contribution is 5.62. The van der Waals surface area contributed by atoms with Gasteiger partial charge < -0.3 is 19.5 Å². The summed E-state index contributed by atoms with van der Waals surface area (Å²) in [4.78, 5) is 1.28. The average molecular weight is 309 g/mol. The van der Waals surface area contributed by atoms with Crippen LogP contribution in [0.5, 0.6) is 11.5 Å². The summed E-state index contributed by atoms with van der Waals surface area (Å²) in [5, 5.41) is 4.86. The fourth-order valence-electron chi connectivity index (χ4n) is 4.64. The first kappa shape index (κ1) is 6.54. The van der Waals surface area contributed by atoms with Crippen LogP contribution in [0, 0.1) is 5.89 Å². The van der Waals surface area contributed by atoms with Gasteiger partial charge in [-0.1, -0.05) is 18.2 Å². The molecule has 1 aromatic rings. The van der Waals surface area contributed by atoms with Gasteiger partial charge in [0.25, 0.3) is 0 Å². The fraction of sp³-hybridized carbons (Fsp3) is 0.556. The van der Waals surface area contributed by atoms with E-state index in [-0.39, 0.29) is 31.2 Å². The number of ether oxygens (including phenoxy) is 2. The van der Waals surface area contributed by atoms with E-state index in [0.717, 1.165) is 0 Å². The highest BCUT2D eigenvalue weighted by atomic mass is 16.5. The Balaban J connectivity index is 1.83. The third kappa shape index (κ3) is 1.28. The number of hydrogen-bond acceptors (Lipinski definition) is 4. The van der Waals surface area contributed by atoms with E-state index in [0.29, 0.717) is 11.1 Å². The number of hydrogen-bond donors (Lipinski definition) is 1. The van der Waals surface area contributed by atoms with Crippen molar-refractivity contribution in [2.24, 2.45) is 5.89 Å². The molecule has 116 valence electrons. The van der Waals surface area contributed by atoms with Gasteiger partial charge in [-0.3, -0.25) is 0 Å². The molecule has 2 aliphatic carbocycles. The largest absolute Gasteiger partial charge is 0.493 e. The molecule has 5 rings (SSSR count). The van der Waals surface area contributed by atoms with Crippen molar-refractivity contribution in [3.05, 3.63) is 35.4 Å². The third-order valence-corrected chi connectivity index (χ3v) is 5.50. The summed E-state index contributed by atoms with van der Waals surface area (Å²) >= 11 is 0. The van der Waals surface area contributed by atoms with E-state index in [1.165, 1.54) is 11.0 Å². The van der Waals surface area contributed by atoms with Gasteiger partial charge in [-0.15, -0.1) is 0 Å². The monoisotopic (exact) mass is 309 g/mol. The SMILES string of the molecule is [2H]OC1C=C[C@@]2([2H])[C@H]3Cc4c([2H])c([2H])c(OC([2H])([2H])[2H])c5c4[C@@]2(CCN3C([2H])([2H])[2H])C1O5. The lowest BCUT2D eigenvalue weighted by Crippen LogP contribution is -2.64. The molecular formula is C18H21NO3. The molecule has 1 N–H and O–H groups in total. The van der Waals surface area contributed by atoms with Crippen LogP contribution in [-0.2, 0) is 11.8 Å². The second kappa shape index (κ2) is 4.06. The van der Waals surface area contributed by atoms with E-state index >= 15 is 0 Å². The zero-order valence-electron chi connectivity index (χ0n) is 21.7. The molecule has 2 unspecified atom stereocenters. The van der Waals surface area contributed by atoms with E-state index in [2.05, 4.69) is 0 Å². The number of likely N-dealkylation sites (N-methyl/N-ethyl adjacent to an activating group) is 1. The van der Waals surface area contributed by atoms with E-state index in [1.807, 2.05) is 0 Å². The molecule has 1 spiro atoms. The van der Waals surface area contributed by atoms with Gasteiger partial charge in [-0.05, 0) is 38.0 Å². The molecule has 0 amide bonds. The lowest BCUT2D eigenvalue weighted by atomic mass is 9.53. The Morgan fingerprint density at radius 3 is 3.45 bits per heavy atom. The first-order valence-electron chi connectivity index (χ1n) is 12.3. The van der Waals surface area contributed by atoms with Crippen LogP contribution < -0.4 is 9.47 Å². The van der Waals surface area contributed by atoms with Crippen molar-refractivity contribution in [3.63, 3.8) is 0 Å². The number of methoxy groups -OCH3 is 1. The Kier molecular flexibility index (Phi) is 1.21. The number of nitrogens with zero attached hydrogens (tertiary/aromatic N) is 1. The van der Waals surface area contributed by atoms with Crippen LogP contribution in [-0.4, -0.2) is 50.2 Å². The Labute approximate surface area is 144 Å². The molecule has 2 heterocycles. The number of piperidine rings is 1. The second-order valence-electron chi connectivity index (χ2n) is 6.32. The minimum atomic E-state index is -2.90. The first-order chi connectivity index (χ1) is 14.8. The number of likely N-dealkylation sites (tertiary alicyclic amines) is 1. The van der Waals surface area contributed by atoms with Crippen molar-refractivity contribution in [1.29, 1.82) is 1.43 Å². The molecular weight excluding hydrogens is 278 g/mol. The fourth-order valence-corrected chi connectivity index (χ4v) is 4.64. The Morgan fingerprint density at radius 2 is 2.59 bits per heavy atom. The molecule has 5 atom stereocenters. The predicted molar refractivity (Wildman–Crippen MR) is 82.5 cm³/mol. The Hall–Kier alpha value is -1.52. The number of aliphatic hydroxyl groups excluding tert-OH is 1. The minimum absolute atomic E-state index is 0.0115.